The Bertz CT molecular complexity index is 538. The van der Waals surface area contributed by atoms with Gasteiger partial charge in [-0.15, -0.1) is 0 Å². The first-order chi connectivity index (χ1) is 8.56. The van der Waals surface area contributed by atoms with Crippen molar-refractivity contribution in [2.45, 2.75) is 19.8 Å². The van der Waals surface area contributed by atoms with Crippen molar-refractivity contribution in [2.75, 3.05) is 5.73 Å². The summed E-state index contributed by atoms with van der Waals surface area (Å²) in [6, 6.07) is 9.78. The molecular formula is C14H15BrN2O. The molecule has 0 aliphatic rings. The van der Waals surface area contributed by atoms with Gasteiger partial charge in [0.1, 0.15) is 5.75 Å². The molecule has 18 heavy (non-hydrogen) atoms. The predicted molar refractivity (Wildman–Crippen MR) is 77.0 cm³/mol. The van der Waals surface area contributed by atoms with Crippen molar-refractivity contribution in [3.63, 3.8) is 0 Å². The van der Waals surface area contributed by atoms with Crippen LogP contribution in [0.5, 0.6) is 11.6 Å². The van der Waals surface area contributed by atoms with Crippen LogP contribution in [0.3, 0.4) is 0 Å². The SMILES string of the molecule is CC(C)c1ccc(Oc2ncc(N)cc2Br)cc1. The lowest BCUT2D eigenvalue weighted by atomic mass is 10.0. The summed E-state index contributed by atoms with van der Waals surface area (Å²) in [5.41, 5.74) is 7.51. The van der Waals surface area contributed by atoms with Gasteiger partial charge in [-0.3, -0.25) is 0 Å². The van der Waals surface area contributed by atoms with Crippen molar-refractivity contribution in [3.05, 3.63) is 46.6 Å². The molecule has 0 spiro atoms. The van der Waals surface area contributed by atoms with Gasteiger partial charge in [-0.2, -0.15) is 0 Å². The van der Waals surface area contributed by atoms with Gasteiger partial charge in [0.2, 0.25) is 5.88 Å². The van der Waals surface area contributed by atoms with Crippen LogP contribution in [0, 0.1) is 0 Å². The molecule has 0 fully saturated rings. The largest absolute Gasteiger partial charge is 0.438 e. The van der Waals surface area contributed by atoms with Crippen molar-refractivity contribution in [2.24, 2.45) is 0 Å². The topological polar surface area (TPSA) is 48.1 Å². The lowest BCUT2D eigenvalue weighted by Crippen LogP contribution is -1.93. The minimum absolute atomic E-state index is 0.514. The van der Waals surface area contributed by atoms with E-state index in [-0.39, 0.29) is 0 Å². The molecule has 0 saturated carbocycles. The number of halogens is 1. The van der Waals surface area contributed by atoms with E-state index in [2.05, 4.69) is 46.9 Å². The number of benzene rings is 1. The third-order valence-corrected chi connectivity index (χ3v) is 3.16. The minimum Gasteiger partial charge on any atom is -0.438 e. The van der Waals surface area contributed by atoms with Crippen LogP contribution in [0.4, 0.5) is 5.69 Å². The number of aromatic nitrogens is 1. The maximum atomic E-state index is 5.69. The van der Waals surface area contributed by atoms with Gasteiger partial charge in [0.15, 0.2) is 0 Å². The average Bonchev–Trinajstić information content (AvgIpc) is 2.33. The highest BCUT2D eigenvalue weighted by Crippen LogP contribution is 2.29. The molecule has 0 atom stereocenters. The van der Waals surface area contributed by atoms with Crippen molar-refractivity contribution in [1.29, 1.82) is 0 Å². The van der Waals surface area contributed by atoms with Crippen molar-refractivity contribution >= 4 is 21.6 Å². The van der Waals surface area contributed by atoms with E-state index < -0.39 is 0 Å². The Hall–Kier alpha value is -1.55. The Morgan fingerprint density at radius 3 is 2.44 bits per heavy atom. The molecular weight excluding hydrogens is 292 g/mol. The van der Waals surface area contributed by atoms with Gasteiger partial charge in [0, 0.05) is 0 Å². The van der Waals surface area contributed by atoms with Crippen molar-refractivity contribution in [3.8, 4) is 11.6 Å². The molecule has 1 aromatic heterocycles. The molecule has 0 saturated heterocycles. The second kappa shape index (κ2) is 5.40. The Kier molecular flexibility index (Phi) is 3.87. The lowest BCUT2D eigenvalue weighted by molar-refractivity contribution is 0.459. The molecule has 2 N–H and O–H groups in total. The highest BCUT2D eigenvalue weighted by atomic mass is 79.9. The third-order valence-electron chi connectivity index (χ3n) is 2.59. The fourth-order valence-corrected chi connectivity index (χ4v) is 2.00. The van der Waals surface area contributed by atoms with E-state index in [0.717, 1.165) is 10.2 Å². The van der Waals surface area contributed by atoms with Crippen molar-refractivity contribution < 1.29 is 4.74 Å². The predicted octanol–water partition coefficient (Wildman–Crippen LogP) is 4.34. The number of nitrogen functional groups attached to an aromatic ring is 1. The van der Waals surface area contributed by atoms with E-state index in [4.69, 9.17) is 10.5 Å². The Morgan fingerprint density at radius 1 is 1.22 bits per heavy atom. The number of anilines is 1. The van der Waals surface area contributed by atoms with E-state index in [1.807, 2.05) is 12.1 Å². The smallest absolute Gasteiger partial charge is 0.233 e. The Labute approximate surface area is 115 Å². The van der Waals surface area contributed by atoms with Gasteiger partial charge in [-0.25, -0.2) is 4.98 Å². The second-order valence-corrected chi connectivity index (χ2v) is 5.24. The highest BCUT2D eigenvalue weighted by molar-refractivity contribution is 9.10. The van der Waals surface area contributed by atoms with Crippen LogP contribution in [-0.2, 0) is 0 Å². The van der Waals surface area contributed by atoms with Gasteiger partial charge >= 0.3 is 0 Å². The highest BCUT2D eigenvalue weighted by Gasteiger charge is 2.05. The van der Waals surface area contributed by atoms with Gasteiger partial charge < -0.3 is 10.5 Å². The molecule has 1 aromatic carbocycles. The van der Waals surface area contributed by atoms with Gasteiger partial charge in [0.05, 0.1) is 16.4 Å². The normalized spacial score (nSPS) is 10.7. The van der Waals surface area contributed by atoms with E-state index in [1.165, 1.54) is 5.56 Å². The maximum Gasteiger partial charge on any atom is 0.233 e. The number of pyridine rings is 1. The molecule has 0 aliphatic carbocycles. The van der Waals surface area contributed by atoms with Crippen LogP contribution >= 0.6 is 15.9 Å². The first-order valence-electron chi connectivity index (χ1n) is 5.75. The first-order valence-corrected chi connectivity index (χ1v) is 6.54. The Balaban J connectivity index is 2.18. The zero-order chi connectivity index (χ0) is 13.1. The van der Waals surface area contributed by atoms with Crippen molar-refractivity contribution in [1.82, 2.24) is 4.98 Å². The molecule has 0 unspecified atom stereocenters. The molecule has 0 amide bonds. The molecule has 94 valence electrons. The van der Waals surface area contributed by atoms with Crippen LogP contribution in [0.1, 0.15) is 25.3 Å². The van der Waals surface area contributed by atoms with E-state index in [1.54, 1.807) is 12.3 Å². The number of nitrogens with two attached hydrogens (primary N) is 1. The standard InChI is InChI=1S/C14H15BrN2O/c1-9(2)10-3-5-12(6-4-10)18-14-13(15)7-11(16)8-17-14/h3-9H,16H2,1-2H3. The van der Waals surface area contributed by atoms with E-state index in [9.17, 15) is 0 Å². The summed E-state index contributed by atoms with van der Waals surface area (Å²) in [5, 5.41) is 0. The quantitative estimate of drug-likeness (QED) is 0.917. The number of hydrogen-bond acceptors (Lipinski definition) is 3. The third kappa shape index (κ3) is 3.01. The molecule has 0 aliphatic heterocycles. The zero-order valence-corrected chi connectivity index (χ0v) is 11.9. The molecule has 3 nitrogen and oxygen atoms in total. The zero-order valence-electron chi connectivity index (χ0n) is 10.4. The Morgan fingerprint density at radius 2 is 1.89 bits per heavy atom. The van der Waals surface area contributed by atoms with E-state index in [0.29, 0.717) is 17.5 Å². The maximum absolute atomic E-state index is 5.69. The monoisotopic (exact) mass is 306 g/mol. The van der Waals surface area contributed by atoms with Crippen LogP contribution in [-0.4, -0.2) is 4.98 Å². The fourth-order valence-electron chi connectivity index (χ4n) is 1.55. The fraction of sp³-hybridized carbons (Fsp3) is 0.214. The summed E-state index contributed by atoms with van der Waals surface area (Å²) in [4.78, 5) is 4.14. The summed E-state index contributed by atoms with van der Waals surface area (Å²) < 4.78 is 6.43. The molecule has 2 aromatic rings. The van der Waals surface area contributed by atoms with Crippen LogP contribution in [0.15, 0.2) is 41.0 Å². The van der Waals surface area contributed by atoms with E-state index >= 15 is 0 Å². The lowest BCUT2D eigenvalue weighted by Gasteiger charge is -2.09. The van der Waals surface area contributed by atoms with Crippen LogP contribution in [0.2, 0.25) is 0 Å². The van der Waals surface area contributed by atoms with Gasteiger partial charge in [0.25, 0.3) is 0 Å². The number of ether oxygens (including phenoxy) is 1. The summed E-state index contributed by atoms with van der Waals surface area (Å²) in [5.74, 6) is 1.79. The summed E-state index contributed by atoms with van der Waals surface area (Å²) in [6.45, 7) is 4.32. The van der Waals surface area contributed by atoms with Gasteiger partial charge in [-0.1, -0.05) is 26.0 Å². The average molecular weight is 307 g/mol. The first kappa shape index (κ1) is 12.9. The summed E-state index contributed by atoms with van der Waals surface area (Å²) in [7, 11) is 0. The molecule has 4 heteroatoms. The summed E-state index contributed by atoms with van der Waals surface area (Å²) >= 11 is 3.37. The number of rotatable bonds is 3. The molecule has 1 heterocycles. The number of nitrogens with zero attached hydrogens (tertiary/aromatic N) is 1. The minimum atomic E-state index is 0.514. The van der Waals surface area contributed by atoms with Crippen LogP contribution < -0.4 is 10.5 Å². The number of hydrogen-bond donors (Lipinski definition) is 1. The summed E-state index contributed by atoms with van der Waals surface area (Å²) in [6.07, 6.45) is 1.57. The molecule has 2 rings (SSSR count). The second-order valence-electron chi connectivity index (χ2n) is 4.38. The molecule has 0 radical (unpaired) electrons. The molecule has 0 bridgehead atoms. The van der Waals surface area contributed by atoms with Crippen LogP contribution in [0.25, 0.3) is 0 Å². The van der Waals surface area contributed by atoms with Gasteiger partial charge in [-0.05, 0) is 45.6 Å².